The minimum Gasteiger partial charge on any atom is -0.322 e. The zero-order valence-corrected chi connectivity index (χ0v) is 12.9. The summed E-state index contributed by atoms with van der Waals surface area (Å²) in [6.45, 7) is 2.22. The van der Waals surface area contributed by atoms with Crippen molar-refractivity contribution in [3.8, 4) is 0 Å². The van der Waals surface area contributed by atoms with E-state index in [-0.39, 0.29) is 11.2 Å². The highest BCUT2D eigenvalue weighted by Crippen LogP contribution is 2.27. The van der Waals surface area contributed by atoms with Gasteiger partial charge in [0.25, 0.3) is 0 Å². The Morgan fingerprint density at radius 3 is 2.71 bits per heavy atom. The summed E-state index contributed by atoms with van der Waals surface area (Å²) in [5.74, 6) is 0.465. The Morgan fingerprint density at radius 1 is 1.24 bits per heavy atom. The molecule has 5 heteroatoms. The number of hydrogen-bond acceptors (Lipinski definition) is 1. The van der Waals surface area contributed by atoms with E-state index in [1.807, 2.05) is 29.7 Å². The molecule has 0 bridgehead atoms. The van der Waals surface area contributed by atoms with Crippen LogP contribution >= 0.6 is 23.2 Å². The number of benzene rings is 2. The van der Waals surface area contributed by atoms with Crippen LogP contribution in [0.3, 0.4) is 0 Å². The fourth-order valence-electron chi connectivity index (χ4n) is 2.38. The third-order valence-corrected chi connectivity index (χ3v) is 3.81. The van der Waals surface area contributed by atoms with Gasteiger partial charge < -0.3 is 4.57 Å². The van der Waals surface area contributed by atoms with Crippen molar-refractivity contribution in [3.63, 3.8) is 0 Å². The van der Waals surface area contributed by atoms with Crippen LogP contribution in [0.1, 0.15) is 23.7 Å². The predicted octanol–water partition coefficient (Wildman–Crippen LogP) is 5.18. The summed E-state index contributed by atoms with van der Waals surface area (Å²) in [5, 5.41) is 0.342. The SMILES string of the molecule is CC(Cl)c1nc2ccc(Cl)cc2n1Cc1ccccc1F. The van der Waals surface area contributed by atoms with E-state index in [1.165, 1.54) is 6.07 Å². The van der Waals surface area contributed by atoms with Crippen molar-refractivity contribution in [2.75, 3.05) is 0 Å². The number of imidazole rings is 1. The van der Waals surface area contributed by atoms with E-state index in [0.717, 1.165) is 11.0 Å². The molecule has 0 N–H and O–H groups in total. The first kappa shape index (κ1) is 14.4. The van der Waals surface area contributed by atoms with Crippen LogP contribution in [0.15, 0.2) is 42.5 Å². The fraction of sp³-hybridized carbons (Fsp3) is 0.188. The third-order valence-electron chi connectivity index (χ3n) is 3.38. The molecule has 108 valence electrons. The van der Waals surface area contributed by atoms with E-state index in [1.54, 1.807) is 18.2 Å². The third kappa shape index (κ3) is 2.76. The zero-order valence-electron chi connectivity index (χ0n) is 11.4. The summed E-state index contributed by atoms with van der Waals surface area (Å²) >= 11 is 12.3. The Kier molecular flexibility index (Phi) is 3.87. The van der Waals surface area contributed by atoms with Crippen molar-refractivity contribution in [3.05, 3.63) is 64.7 Å². The van der Waals surface area contributed by atoms with Gasteiger partial charge in [0.15, 0.2) is 0 Å². The van der Waals surface area contributed by atoms with Gasteiger partial charge in [-0.25, -0.2) is 9.37 Å². The van der Waals surface area contributed by atoms with Crippen LogP contribution in [-0.4, -0.2) is 9.55 Å². The van der Waals surface area contributed by atoms with Gasteiger partial charge in [-0.15, -0.1) is 11.6 Å². The minimum atomic E-state index is -0.275. The molecule has 2 nitrogen and oxygen atoms in total. The number of rotatable bonds is 3. The fourth-order valence-corrected chi connectivity index (χ4v) is 2.71. The molecule has 2 aromatic carbocycles. The number of alkyl halides is 1. The van der Waals surface area contributed by atoms with E-state index in [9.17, 15) is 4.39 Å². The molecule has 0 saturated carbocycles. The van der Waals surface area contributed by atoms with E-state index in [0.29, 0.717) is 23.0 Å². The monoisotopic (exact) mass is 322 g/mol. The van der Waals surface area contributed by atoms with Crippen LogP contribution in [0, 0.1) is 5.82 Å². The Hall–Kier alpha value is -1.58. The highest BCUT2D eigenvalue weighted by molar-refractivity contribution is 6.31. The lowest BCUT2D eigenvalue weighted by molar-refractivity contribution is 0.597. The summed E-state index contributed by atoms with van der Waals surface area (Å²) < 4.78 is 15.8. The highest BCUT2D eigenvalue weighted by atomic mass is 35.5. The quantitative estimate of drug-likeness (QED) is 0.608. The van der Waals surface area contributed by atoms with Crippen LogP contribution in [-0.2, 0) is 6.54 Å². The average Bonchev–Trinajstić information content (AvgIpc) is 2.80. The molecular weight excluding hydrogens is 310 g/mol. The molecule has 0 aliphatic heterocycles. The van der Waals surface area contributed by atoms with Gasteiger partial charge in [-0.1, -0.05) is 29.8 Å². The number of hydrogen-bond donors (Lipinski definition) is 0. The second-order valence-corrected chi connectivity index (χ2v) is 5.99. The van der Waals surface area contributed by atoms with Crippen molar-refractivity contribution < 1.29 is 4.39 Å². The Labute approximate surface area is 132 Å². The zero-order chi connectivity index (χ0) is 15.0. The smallest absolute Gasteiger partial charge is 0.128 e. The van der Waals surface area contributed by atoms with Gasteiger partial charge in [0, 0.05) is 10.6 Å². The molecule has 0 aliphatic rings. The van der Waals surface area contributed by atoms with E-state index >= 15 is 0 Å². The van der Waals surface area contributed by atoms with Gasteiger partial charge in [-0.2, -0.15) is 0 Å². The number of nitrogens with zero attached hydrogens (tertiary/aromatic N) is 2. The van der Waals surface area contributed by atoms with Crippen LogP contribution in [0.5, 0.6) is 0 Å². The molecule has 0 saturated heterocycles. The molecule has 1 aromatic heterocycles. The summed E-state index contributed by atoms with van der Waals surface area (Å²) in [7, 11) is 0. The topological polar surface area (TPSA) is 17.8 Å². The molecule has 1 heterocycles. The molecule has 3 rings (SSSR count). The summed E-state index contributed by atoms with van der Waals surface area (Å²) in [6, 6.07) is 12.2. The van der Waals surface area contributed by atoms with E-state index in [4.69, 9.17) is 23.2 Å². The van der Waals surface area contributed by atoms with Gasteiger partial charge in [0.1, 0.15) is 11.6 Å². The normalized spacial score (nSPS) is 12.8. The lowest BCUT2D eigenvalue weighted by atomic mass is 10.2. The molecule has 0 amide bonds. The molecule has 0 fully saturated rings. The molecule has 0 radical (unpaired) electrons. The lowest BCUT2D eigenvalue weighted by Gasteiger charge is -2.11. The van der Waals surface area contributed by atoms with Gasteiger partial charge in [0.05, 0.1) is 23.0 Å². The maximum atomic E-state index is 13.9. The van der Waals surface area contributed by atoms with Crippen LogP contribution in [0.2, 0.25) is 5.02 Å². The largest absolute Gasteiger partial charge is 0.322 e. The maximum absolute atomic E-state index is 13.9. The number of halogens is 3. The van der Waals surface area contributed by atoms with Gasteiger partial charge >= 0.3 is 0 Å². The maximum Gasteiger partial charge on any atom is 0.128 e. The first-order valence-corrected chi connectivity index (χ1v) is 7.41. The Bertz CT molecular complexity index is 796. The van der Waals surface area contributed by atoms with Crippen LogP contribution in [0.4, 0.5) is 4.39 Å². The summed E-state index contributed by atoms with van der Waals surface area (Å²) in [4.78, 5) is 4.53. The molecule has 0 spiro atoms. The lowest BCUT2D eigenvalue weighted by Crippen LogP contribution is -2.07. The Balaban J connectivity index is 2.17. The van der Waals surface area contributed by atoms with Crippen molar-refractivity contribution in [2.45, 2.75) is 18.8 Å². The van der Waals surface area contributed by atoms with Gasteiger partial charge in [-0.05, 0) is 31.2 Å². The summed E-state index contributed by atoms with van der Waals surface area (Å²) in [5.41, 5.74) is 2.25. The minimum absolute atomic E-state index is 0.241. The van der Waals surface area contributed by atoms with Crippen molar-refractivity contribution in [2.24, 2.45) is 0 Å². The number of aromatic nitrogens is 2. The van der Waals surface area contributed by atoms with Crippen LogP contribution in [0.25, 0.3) is 11.0 Å². The molecular formula is C16H13Cl2FN2. The van der Waals surface area contributed by atoms with Crippen LogP contribution < -0.4 is 0 Å². The summed E-state index contributed by atoms with van der Waals surface area (Å²) in [6.07, 6.45) is 0. The van der Waals surface area contributed by atoms with Crippen molar-refractivity contribution >= 4 is 34.2 Å². The second kappa shape index (κ2) is 5.66. The highest BCUT2D eigenvalue weighted by Gasteiger charge is 2.16. The Morgan fingerprint density at radius 2 is 2.00 bits per heavy atom. The van der Waals surface area contributed by atoms with E-state index < -0.39 is 0 Å². The molecule has 1 atom stereocenters. The molecule has 3 aromatic rings. The first-order valence-electron chi connectivity index (χ1n) is 6.59. The van der Waals surface area contributed by atoms with E-state index in [2.05, 4.69) is 4.98 Å². The van der Waals surface area contributed by atoms with Crippen molar-refractivity contribution in [1.29, 1.82) is 0 Å². The number of fused-ring (bicyclic) bond motifs is 1. The first-order chi connectivity index (χ1) is 10.1. The molecule has 1 unspecified atom stereocenters. The predicted molar refractivity (Wildman–Crippen MR) is 84.5 cm³/mol. The average molecular weight is 323 g/mol. The molecule has 0 aliphatic carbocycles. The molecule has 21 heavy (non-hydrogen) atoms. The van der Waals surface area contributed by atoms with Gasteiger partial charge in [-0.3, -0.25) is 0 Å². The second-order valence-electron chi connectivity index (χ2n) is 4.90. The standard InChI is InChI=1S/C16H13Cl2FN2/c1-10(17)16-20-14-7-6-12(18)8-15(14)21(16)9-11-4-2-3-5-13(11)19/h2-8,10H,9H2,1H3. The van der Waals surface area contributed by atoms with Crippen molar-refractivity contribution in [1.82, 2.24) is 9.55 Å². The van der Waals surface area contributed by atoms with Gasteiger partial charge in [0.2, 0.25) is 0 Å².